The van der Waals surface area contributed by atoms with E-state index < -0.39 is 17.7 Å². The molecule has 1 rings (SSSR count). The van der Waals surface area contributed by atoms with Crippen LogP contribution >= 0.6 is 0 Å². The Morgan fingerprint density at radius 2 is 2.06 bits per heavy atom. The molecule has 1 atom stereocenters. The average molecular weight is 252 g/mol. The Labute approximate surface area is 108 Å². The number of aromatic hydroxyl groups is 1. The third-order valence-electron chi connectivity index (χ3n) is 2.29. The molecule has 0 heterocycles. The average Bonchev–Trinajstić information content (AvgIpc) is 2.25. The van der Waals surface area contributed by atoms with E-state index >= 15 is 0 Å². The summed E-state index contributed by atoms with van der Waals surface area (Å²) in [5.41, 5.74) is 0.394. The minimum Gasteiger partial charge on any atom is -0.508 e. The second-order valence-corrected chi connectivity index (χ2v) is 5.12. The van der Waals surface area contributed by atoms with E-state index in [2.05, 4.69) is 0 Å². The van der Waals surface area contributed by atoms with E-state index in [1.807, 2.05) is 26.8 Å². The summed E-state index contributed by atoms with van der Waals surface area (Å²) in [5.74, 6) is -0.236. The quantitative estimate of drug-likeness (QED) is 0.835. The van der Waals surface area contributed by atoms with Crippen molar-refractivity contribution in [1.29, 1.82) is 0 Å². The zero-order valence-corrected chi connectivity index (χ0v) is 11.3. The molecule has 18 heavy (non-hydrogen) atoms. The zero-order chi connectivity index (χ0) is 13.8. The molecule has 0 aromatic heterocycles. The predicted octanol–water partition coefficient (Wildman–Crippen LogP) is 2.29. The summed E-state index contributed by atoms with van der Waals surface area (Å²) < 4.78 is 10.4. The highest BCUT2D eigenvalue weighted by Gasteiger charge is 2.26. The SMILES string of the molecule is COC(=O)C(Cc1cccc(O)c1)OC(C)(C)C. The van der Waals surface area contributed by atoms with Crippen molar-refractivity contribution in [2.75, 3.05) is 7.11 Å². The standard InChI is InChI=1S/C14H20O4/c1-14(2,3)18-12(13(16)17-4)9-10-6-5-7-11(15)8-10/h5-8,12,15H,9H2,1-4H3. The molecule has 0 bridgehead atoms. The van der Waals surface area contributed by atoms with Crippen molar-refractivity contribution in [3.8, 4) is 5.75 Å². The fourth-order valence-corrected chi connectivity index (χ4v) is 1.63. The number of esters is 1. The predicted molar refractivity (Wildman–Crippen MR) is 68.5 cm³/mol. The number of hydrogen-bond acceptors (Lipinski definition) is 4. The van der Waals surface area contributed by atoms with Crippen molar-refractivity contribution in [3.63, 3.8) is 0 Å². The fraction of sp³-hybridized carbons (Fsp3) is 0.500. The van der Waals surface area contributed by atoms with Gasteiger partial charge in [0.1, 0.15) is 5.75 Å². The van der Waals surface area contributed by atoms with E-state index in [4.69, 9.17) is 9.47 Å². The third kappa shape index (κ3) is 4.75. The lowest BCUT2D eigenvalue weighted by molar-refractivity contribution is -0.163. The van der Waals surface area contributed by atoms with Crippen LogP contribution < -0.4 is 0 Å². The number of ether oxygens (including phenoxy) is 2. The van der Waals surface area contributed by atoms with Gasteiger partial charge >= 0.3 is 5.97 Å². The normalized spacial score (nSPS) is 13.1. The molecule has 100 valence electrons. The Morgan fingerprint density at radius 3 is 2.56 bits per heavy atom. The van der Waals surface area contributed by atoms with Gasteiger partial charge in [-0.25, -0.2) is 4.79 Å². The van der Waals surface area contributed by atoms with Crippen molar-refractivity contribution >= 4 is 5.97 Å². The van der Waals surface area contributed by atoms with Gasteiger partial charge in [0.15, 0.2) is 6.10 Å². The lowest BCUT2D eigenvalue weighted by atomic mass is 10.1. The Hall–Kier alpha value is -1.55. The smallest absolute Gasteiger partial charge is 0.335 e. The van der Waals surface area contributed by atoms with E-state index in [0.29, 0.717) is 6.42 Å². The first-order chi connectivity index (χ1) is 8.31. The number of methoxy groups -OCH3 is 1. The fourth-order valence-electron chi connectivity index (χ4n) is 1.63. The summed E-state index contributed by atoms with van der Waals surface area (Å²) in [7, 11) is 1.34. The monoisotopic (exact) mass is 252 g/mol. The van der Waals surface area contributed by atoms with Crippen LogP contribution in [0.4, 0.5) is 0 Å². The van der Waals surface area contributed by atoms with Gasteiger partial charge in [0.25, 0.3) is 0 Å². The molecule has 4 nitrogen and oxygen atoms in total. The van der Waals surface area contributed by atoms with Gasteiger partial charge in [-0.1, -0.05) is 12.1 Å². The van der Waals surface area contributed by atoms with Crippen molar-refractivity contribution in [1.82, 2.24) is 0 Å². The van der Waals surface area contributed by atoms with Crippen LogP contribution in [0.2, 0.25) is 0 Å². The first kappa shape index (κ1) is 14.5. The topological polar surface area (TPSA) is 55.8 Å². The van der Waals surface area contributed by atoms with Gasteiger partial charge in [0.05, 0.1) is 12.7 Å². The zero-order valence-electron chi connectivity index (χ0n) is 11.3. The minimum absolute atomic E-state index is 0.173. The maximum absolute atomic E-state index is 11.7. The van der Waals surface area contributed by atoms with Gasteiger partial charge in [0.2, 0.25) is 0 Å². The Kier molecular flexibility index (Phi) is 4.73. The minimum atomic E-state index is -0.670. The summed E-state index contributed by atoms with van der Waals surface area (Å²) in [5, 5.41) is 9.40. The van der Waals surface area contributed by atoms with Crippen LogP contribution in [0.15, 0.2) is 24.3 Å². The number of benzene rings is 1. The molecule has 0 radical (unpaired) electrons. The highest BCUT2D eigenvalue weighted by Crippen LogP contribution is 2.18. The molecule has 0 amide bonds. The number of phenolic OH excluding ortho intramolecular Hbond substituents is 1. The Bertz CT molecular complexity index is 407. The summed E-state index contributed by atoms with van der Waals surface area (Å²) in [6, 6.07) is 6.76. The molecule has 0 aliphatic carbocycles. The van der Waals surface area contributed by atoms with Gasteiger partial charge in [0, 0.05) is 6.42 Å². The van der Waals surface area contributed by atoms with Gasteiger partial charge < -0.3 is 14.6 Å². The molecule has 0 fully saturated rings. The van der Waals surface area contributed by atoms with Crippen molar-refractivity contribution in [3.05, 3.63) is 29.8 Å². The summed E-state index contributed by atoms with van der Waals surface area (Å²) in [4.78, 5) is 11.7. The molecule has 0 aliphatic heterocycles. The van der Waals surface area contributed by atoms with E-state index in [1.165, 1.54) is 7.11 Å². The summed E-state index contributed by atoms with van der Waals surface area (Å²) in [6.45, 7) is 5.64. The highest BCUT2D eigenvalue weighted by molar-refractivity contribution is 5.75. The number of carbonyl (C=O) groups is 1. The molecule has 0 aliphatic rings. The highest BCUT2D eigenvalue weighted by atomic mass is 16.6. The lowest BCUT2D eigenvalue weighted by Gasteiger charge is -2.26. The molecular formula is C14H20O4. The molecular weight excluding hydrogens is 232 g/mol. The van der Waals surface area contributed by atoms with Gasteiger partial charge in [-0.2, -0.15) is 0 Å². The van der Waals surface area contributed by atoms with E-state index in [0.717, 1.165) is 5.56 Å². The summed E-state index contributed by atoms with van der Waals surface area (Å²) in [6.07, 6.45) is -0.296. The van der Waals surface area contributed by atoms with Crippen molar-refractivity contribution in [2.45, 2.75) is 38.9 Å². The lowest BCUT2D eigenvalue weighted by Crippen LogP contribution is -2.35. The number of hydrogen-bond donors (Lipinski definition) is 1. The van der Waals surface area contributed by atoms with Crippen molar-refractivity contribution in [2.24, 2.45) is 0 Å². The molecule has 4 heteroatoms. The molecule has 1 aromatic carbocycles. The first-order valence-electron chi connectivity index (χ1n) is 5.85. The number of phenols is 1. The molecule has 0 saturated carbocycles. The van der Waals surface area contributed by atoms with Crippen molar-refractivity contribution < 1.29 is 19.4 Å². The summed E-state index contributed by atoms with van der Waals surface area (Å²) >= 11 is 0. The third-order valence-corrected chi connectivity index (χ3v) is 2.29. The van der Waals surface area contributed by atoms with Crippen LogP contribution in [0.3, 0.4) is 0 Å². The van der Waals surface area contributed by atoms with Crippen LogP contribution in [-0.4, -0.2) is 29.9 Å². The maximum Gasteiger partial charge on any atom is 0.335 e. The molecule has 0 saturated heterocycles. The van der Waals surface area contributed by atoms with Crippen LogP contribution in [0.1, 0.15) is 26.3 Å². The second kappa shape index (κ2) is 5.87. The van der Waals surface area contributed by atoms with E-state index in [1.54, 1.807) is 18.2 Å². The molecule has 1 N–H and O–H groups in total. The van der Waals surface area contributed by atoms with Gasteiger partial charge in [-0.05, 0) is 38.5 Å². The van der Waals surface area contributed by atoms with Crippen LogP contribution in [0.5, 0.6) is 5.75 Å². The second-order valence-electron chi connectivity index (χ2n) is 5.12. The van der Waals surface area contributed by atoms with Gasteiger partial charge in [-0.3, -0.25) is 0 Å². The number of carbonyl (C=O) groups excluding carboxylic acids is 1. The van der Waals surface area contributed by atoms with Crippen LogP contribution in [-0.2, 0) is 20.7 Å². The Balaban J connectivity index is 2.81. The molecule has 0 spiro atoms. The first-order valence-corrected chi connectivity index (χ1v) is 5.85. The largest absolute Gasteiger partial charge is 0.508 e. The van der Waals surface area contributed by atoms with Crippen LogP contribution in [0, 0.1) is 0 Å². The maximum atomic E-state index is 11.7. The number of rotatable bonds is 4. The molecule has 1 aromatic rings. The van der Waals surface area contributed by atoms with E-state index in [-0.39, 0.29) is 5.75 Å². The molecule has 1 unspecified atom stereocenters. The van der Waals surface area contributed by atoms with E-state index in [9.17, 15) is 9.90 Å². The van der Waals surface area contributed by atoms with Gasteiger partial charge in [-0.15, -0.1) is 0 Å². The van der Waals surface area contributed by atoms with Crippen LogP contribution in [0.25, 0.3) is 0 Å². The Morgan fingerprint density at radius 1 is 1.39 bits per heavy atom.